The number of rotatable bonds is 4. The Morgan fingerprint density at radius 3 is 2.63 bits per heavy atom. The van der Waals surface area contributed by atoms with Gasteiger partial charge in [-0.2, -0.15) is 0 Å². The van der Waals surface area contributed by atoms with E-state index in [1.165, 1.54) is 0 Å². The number of benzene rings is 2. The number of anilines is 1. The van der Waals surface area contributed by atoms with E-state index in [9.17, 15) is 4.79 Å². The molecule has 0 bridgehead atoms. The molecule has 0 aliphatic rings. The number of aliphatic hydroxyl groups is 1. The number of carbonyl (C=O) groups excluding carboxylic acids is 1. The van der Waals surface area contributed by atoms with Crippen LogP contribution in [-0.4, -0.2) is 23.8 Å². The Labute approximate surface area is 112 Å². The van der Waals surface area contributed by atoms with Crippen LogP contribution in [0.15, 0.2) is 42.5 Å². The summed E-state index contributed by atoms with van der Waals surface area (Å²) < 4.78 is 0. The Bertz CT molecular complexity index is 565. The molecule has 0 radical (unpaired) electrons. The van der Waals surface area contributed by atoms with Crippen molar-refractivity contribution in [3.8, 4) is 0 Å². The third-order valence-corrected chi connectivity index (χ3v) is 3.06. The summed E-state index contributed by atoms with van der Waals surface area (Å²) in [6.45, 7) is 1.86. The van der Waals surface area contributed by atoms with Crippen molar-refractivity contribution < 1.29 is 9.90 Å². The second kappa shape index (κ2) is 6.20. The zero-order valence-electron chi connectivity index (χ0n) is 10.9. The topological polar surface area (TPSA) is 61.4 Å². The molecule has 0 saturated carbocycles. The molecule has 2 aromatic carbocycles. The molecule has 3 N–H and O–H groups in total. The lowest BCUT2D eigenvalue weighted by Crippen LogP contribution is -2.39. The van der Waals surface area contributed by atoms with Crippen LogP contribution in [0.1, 0.15) is 13.3 Å². The summed E-state index contributed by atoms with van der Waals surface area (Å²) in [5, 5.41) is 16.7. The maximum absolute atomic E-state index is 11.7. The summed E-state index contributed by atoms with van der Waals surface area (Å²) in [4.78, 5) is 11.7. The fourth-order valence-corrected chi connectivity index (χ4v) is 1.90. The Morgan fingerprint density at radius 2 is 1.95 bits per heavy atom. The number of hydrogen-bond acceptors (Lipinski definition) is 2. The number of amides is 2. The molecule has 0 fully saturated rings. The second-order valence-electron chi connectivity index (χ2n) is 4.45. The van der Waals surface area contributed by atoms with Crippen molar-refractivity contribution in [2.75, 3.05) is 11.9 Å². The van der Waals surface area contributed by atoms with Crippen LogP contribution in [0.2, 0.25) is 0 Å². The summed E-state index contributed by atoms with van der Waals surface area (Å²) >= 11 is 0. The van der Waals surface area contributed by atoms with Gasteiger partial charge in [0.25, 0.3) is 0 Å². The van der Waals surface area contributed by atoms with Gasteiger partial charge in [0.1, 0.15) is 0 Å². The summed E-state index contributed by atoms with van der Waals surface area (Å²) in [5.41, 5.74) is 0.740. The quantitative estimate of drug-likeness (QED) is 0.789. The highest BCUT2D eigenvalue weighted by Gasteiger charge is 2.08. The normalized spacial score (nSPS) is 12.1. The van der Waals surface area contributed by atoms with Gasteiger partial charge in [-0.05, 0) is 29.3 Å². The van der Waals surface area contributed by atoms with Crippen molar-refractivity contribution in [3.63, 3.8) is 0 Å². The third-order valence-electron chi connectivity index (χ3n) is 3.06. The van der Waals surface area contributed by atoms with E-state index in [0.29, 0.717) is 6.42 Å². The Hall–Kier alpha value is -2.07. The first-order valence-corrected chi connectivity index (χ1v) is 6.40. The van der Waals surface area contributed by atoms with E-state index < -0.39 is 0 Å². The van der Waals surface area contributed by atoms with Crippen LogP contribution in [0.4, 0.5) is 10.5 Å². The van der Waals surface area contributed by atoms with Crippen molar-refractivity contribution in [1.82, 2.24) is 5.32 Å². The lowest BCUT2D eigenvalue weighted by molar-refractivity contribution is 0.222. The molecule has 2 aromatic rings. The van der Waals surface area contributed by atoms with E-state index in [-0.39, 0.29) is 18.7 Å². The molecule has 0 aliphatic carbocycles. The Kier molecular flexibility index (Phi) is 4.36. The van der Waals surface area contributed by atoms with Crippen LogP contribution in [0.25, 0.3) is 10.8 Å². The first-order valence-electron chi connectivity index (χ1n) is 6.40. The number of urea groups is 1. The van der Waals surface area contributed by atoms with Gasteiger partial charge in [-0.15, -0.1) is 0 Å². The number of aliphatic hydroxyl groups excluding tert-OH is 1. The van der Waals surface area contributed by atoms with Gasteiger partial charge in [0.2, 0.25) is 0 Å². The molecule has 0 spiro atoms. The summed E-state index contributed by atoms with van der Waals surface area (Å²) in [6, 6.07) is 13.2. The van der Waals surface area contributed by atoms with Crippen LogP contribution < -0.4 is 10.6 Å². The maximum Gasteiger partial charge on any atom is 0.319 e. The van der Waals surface area contributed by atoms with Gasteiger partial charge in [0.05, 0.1) is 12.6 Å². The van der Waals surface area contributed by atoms with E-state index in [2.05, 4.69) is 10.6 Å². The van der Waals surface area contributed by atoms with Gasteiger partial charge in [-0.1, -0.05) is 37.3 Å². The molecule has 0 heterocycles. The largest absolute Gasteiger partial charge is 0.394 e. The van der Waals surface area contributed by atoms with Crippen molar-refractivity contribution in [2.45, 2.75) is 19.4 Å². The predicted octanol–water partition coefficient (Wildman–Crippen LogP) is 2.73. The molecule has 1 atom stereocenters. The van der Waals surface area contributed by atoms with Gasteiger partial charge in [0, 0.05) is 5.69 Å². The SMILES string of the molecule is CC[C@H](CO)NC(=O)Nc1ccc2ccccc2c1. The van der Waals surface area contributed by atoms with E-state index in [0.717, 1.165) is 16.5 Å². The number of nitrogens with one attached hydrogen (secondary N) is 2. The average Bonchev–Trinajstić information content (AvgIpc) is 2.44. The minimum atomic E-state index is -0.295. The van der Waals surface area contributed by atoms with Crippen LogP contribution in [0.3, 0.4) is 0 Å². The monoisotopic (exact) mass is 258 g/mol. The van der Waals surface area contributed by atoms with Crippen LogP contribution in [-0.2, 0) is 0 Å². The fourth-order valence-electron chi connectivity index (χ4n) is 1.90. The molecule has 4 nitrogen and oxygen atoms in total. The standard InChI is InChI=1S/C15H18N2O2/c1-2-13(10-18)16-15(19)17-14-8-7-11-5-3-4-6-12(11)9-14/h3-9,13,18H,2,10H2,1H3,(H2,16,17,19)/t13-/m1/s1. The van der Waals surface area contributed by atoms with Gasteiger partial charge < -0.3 is 15.7 Å². The van der Waals surface area contributed by atoms with Crippen molar-refractivity contribution >= 4 is 22.5 Å². The van der Waals surface area contributed by atoms with Gasteiger partial charge >= 0.3 is 6.03 Å². The number of carbonyl (C=O) groups is 1. The first kappa shape index (κ1) is 13.4. The molecule has 0 aromatic heterocycles. The predicted molar refractivity (Wildman–Crippen MR) is 77.3 cm³/mol. The summed E-state index contributed by atoms with van der Waals surface area (Å²) in [7, 11) is 0. The molecule has 19 heavy (non-hydrogen) atoms. The van der Waals surface area contributed by atoms with Gasteiger partial charge in [0.15, 0.2) is 0 Å². The van der Waals surface area contributed by atoms with E-state index in [1.807, 2.05) is 49.4 Å². The van der Waals surface area contributed by atoms with Crippen molar-refractivity contribution in [2.24, 2.45) is 0 Å². The second-order valence-corrected chi connectivity index (χ2v) is 4.45. The fraction of sp³-hybridized carbons (Fsp3) is 0.267. The molecule has 2 amide bonds. The van der Waals surface area contributed by atoms with E-state index >= 15 is 0 Å². The van der Waals surface area contributed by atoms with Crippen molar-refractivity contribution in [3.05, 3.63) is 42.5 Å². The highest BCUT2D eigenvalue weighted by molar-refractivity contribution is 5.93. The average molecular weight is 258 g/mol. The van der Waals surface area contributed by atoms with Crippen LogP contribution in [0.5, 0.6) is 0 Å². The highest BCUT2D eigenvalue weighted by atomic mass is 16.3. The summed E-state index contributed by atoms with van der Waals surface area (Å²) in [5.74, 6) is 0. The van der Waals surface area contributed by atoms with Gasteiger partial charge in [-0.25, -0.2) is 4.79 Å². The molecule has 0 aliphatic heterocycles. The van der Waals surface area contributed by atoms with Crippen LogP contribution >= 0.6 is 0 Å². The molecular weight excluding hydrogens is 240 g/mol. The highest BCUT2D eigenvalue weighted by Crippen LogP contribution is 2.18. The lowest BCUT2D eigenvalue weighted by Gasteiger charge is -2.14. The molecule has 100 valence electrons. The van der Waals surface area contributed by atoms with Crippen LogP contribution in [0, 0.1) is 0 Å². The van der Waals surface area contributed by atoms with Gasteiger partial charge in [-0.3, -0.25) is 0 Å². The molecule has 0 saturated heterocycles. The Morgan fingerprint density at radius 1 is 1.21 bits per heavy atom. The number of hydrogen-bond donors (Lipinski definition) is 3. The maximum atomic E-state index is 11.7. The summed E-state index contributed by atoms with van der Waals surface area (Å²) in [6.07, 6.45) is 0.696. The first-order chi connectivity index (χ1) is 9.22. The molecular formula is C15H18N2O2. The molecule has 2 rings (SSSR count). The van der Waals surface area contributed by atoms with E-state index in [1.54, 1.807) is 0 Å². The van der Waals surface area contributed by atoms with Crippen molar-refractivity contribution in [1.29, 1.82) is 0 Å². The minimum Gasteiger partial charge on any atom is -0.394 e. The molecule has 0 unspecified atom stereocenters. The zero-order valence-corrected chi connectivity index (χ0v) is 10.9. The number of fused-ring (bicyclic) bond motifs is 1. The van der Waals surface area contributed by atoms with E-state index in [4.69, 9.17) is 5.11 Å². The lowest BCUT2D eigenvalue weighted by atomic mass is 10.1. The zero-order chi connectivity index (χ0) is 13.7. The Balaban J connectivity index is 2.06. The molecule has 4 heteroatoms. The smallest absolute Gasteiger partial charge is 0.319 e. The minimum absolute atomic E-state index is 0.0539. The third kappa shape index (κ3) is 3.45.